The molecule has 0 saturated heterocycles. The van der Waals surface area contributed by atoms with Crippen LogP contribution in [0.3, 0.4) is 0 Å². The van der Waals surface area contributed by atoms with E-state index in [1.807, 2.05) is 19.1 Å². The van der Waals surface area contributed by atoms with Gasteiger partial charge in [-0.3, -0.25) is 4.99 Å². The molecule has 1 rings (SSSR count). The predicted octanol–water partition coefficient (Wildman–Crippen LogP) is 3.83. The molecule has 5 nitrogen and oxygen atoms in total. The molecule has 1 aromatic rings. The predicted molar refractivity (Wildman–Crippen MR) is 108 cm³/mol. The molecule has 1 unspecified atom stereocenters. The Kier molecular flexibility index (Phi) is 11.2. The van der Waals surface area contributed by atoms with Gasteiger partial charge in [-0.1, -0.05) is 18.5 Å². The minimum Gasteiger partial charge on any atom is -0.493 e. The van der Waals surface area contributed by atoms with E-state index in [4.69, 9.17) is 21.1 Å². The molecular weight excluding hydrogens is 429 g/mol. The fourth-order valence-corrected chi connectivity index (χ4v) is 2.16. The molecule has 0 saturated carbocycles. The molecule has 132 valence electrons. The number of nitrogens with one attached hydrogen (secondary N) is 2. The van der Waals surface area contributed by atoms with Gasteiger partial charge in [-0.25, -0.2) is 0 Å². The summed E-state index contributed by atoms with van der Waals surface area (Å²) in [5, 5.41) is 7.12. The zero-order valence-corrected chi connectivity index (χ0v) is 17.5. The number of rotatable bonds is 7. The van der Waals surface area contributed by atoms with Crippen molar-refractivity contribution in [3.05, 3.63) is 22.7 Å². The highest BCUT2D eigenvalue weighted by molar-refractivity contribution is 14.0. The summed E-state index contributed by atoms with van der Waals surface area (Å²) in [6.45, 7) is 7.29. The molecule has 0 amide bonds. The van der Waals surface area contributed by atoms with E-state index in [1.54, 1.807) is 14.2 Å². The summed E-state index contributed by atoms with van der Waals surface area (Å²) in [7, 11) is 3.36. The number of hydrogen-bond acceptors (Lipinski definition) is 3. The second-order valence-corrected chi connectivity index (χ2v) is 5.33. The Morgan fingerprint density at radius 1 is 1.35 bits per heavy atom. The topological polar surface area (TPSA) is 54.9 Å². The Hall–Kier alpha value is -0.890. The van der Waals surface area contributed by atoms with Crippen LogP contribution in [0.2, 0.25) is 5.02 Å². The van der Waals surface area contributed by atoms with Crippen molar-refractivity contribution >= 4 is 41.5 Å². The molecule has 1 atom stereocenters. The van der Waals surface area contributed by atoms with Crippen molar-refractivity contribution in [2.24, 2.45) is 4.99 Å². The van der Waals surface area contributed by atoms with Gasteiger partial charge in [0, 0.05) is 19.6 Å². The van der Waals surface area contributed by atoms with E-state index in [0.29, 0.717) is 35.7 Å². The van der Waals surface area contributed by atoms with E-state index in [2.05, 4.69) is 29.5 Å². The molecule has 0 fully saturated rings. The Bertz CT molecular complexity index is 512. The van der Waals surface area contributed by atoms with E-state index in [1.165, 1.54) is 0 Å². The van der Waals surface area contributed by atoms with Gasteiger partial charge in [0.2, 0.25) is 0 Å². The van der Waals surface area contributed by atoms with Crippen LogP contribution in [0.1, 0.15) is 32.8 Å². The molecule has 0 aromatic heterocycles. The van der Waals surface area contributed by atoms with Crippen LogP contribution in [-0.2, 0) is 6.54 Å². The lowest BCUT2D eigenvalue weighted by Gasteiger charge is -2.17. The number of methoxy groups -OCH3 is 1. The maximum atomic E-state index is 6.27. The van der Waals surface area contributed by atoms with Gasteiger partial charge in [0.15, 0.2) is 17.5 Å². The van der Waals surface area contributed by atoms with Gasteiger partial charge in [-0.2, -0.15) is 0 Å². The number of halogens is 2. The van der Waals surface area contributed by atoms with Crippen molar-refractivity contribution < 1.29 is 9.47 Å². The minimum atomic E-state index is 0. The van der Waals surface area contributed by atoms with Crippen LogP contribution >= 0.6 is 35.6 Å². The number of ether oxygens (including phenoxy) is 2. The standard InChI is InChI=1S/C16H26ClN3O2.HI/c1-6-11(3)20-16(18-4)19-10-12-8-13(17)15(22-7-2)14(9-12)21-5;/h8-9,11H,6-7,10H2,1-5H3,(H2,18,19,20);1H. The molecule has 0 aliphatic rings. The van der Waals surface area contributed by atoms with Gasteiger partial charge in [0.1, 0.15) is 0 Å². The summed E-state index contributed by atoms with van der Waals surface area (Å²) >= 11 is 6.27. The second kappa shape index (κ2) is 11.6. The largest absolute Gasteiger partial charge is 0.493 e. The molecule has 0 aliphatic carbocycles. The molecule has 2 N–H and O–H groups in total. The van der Waals surface area contributed by atoms with E-state index < -0.39 is 0 Å². The first-order chi connectivity index (χ1) is 10.5. The summed E-state index contributed by atoms with van der Waals surface area (Å²) in [4.78, 5) is 4.21. The van der Waals surface area contributed by atoms with Crippen LogP contribution in [0, 0.1) is 0 Å². The average molecular weight is 456 g/mol. The van der Waals surface area contributed by atoms with E-state index in [9.17, 15) is 0 Å². The van der Waals surface area contributed by atoms with Crippen molar-refractivity contribution in [1.82, 2.24) is 10.6 Å². The third-order valence-corrected chi connectivity index (χ3v) is 3.54. The number of nitrogens with zero attached hydrogens (tertiary/aromatic N) is 1. The zero-order valence-electron chi connectivity index (χ0n) is 14.4. The Labute approximate surface area is 161 Å². The van der Waals surface area contributed by atoms with Crippen LogP contribution < -0.4 is 20.1 Å². The van der Waals surface area contributed by atoms with Crippen molar-refractivity contribution in [1.29, 1.82) is 0 Å². The lowest BCUT2D eigenvalue weighted by atomic mass is 10.2. The zero-order chi connectivity index (χ0) is 16.5. The number of aliphatic imine (C=N–C) groups is 1. The number of hydrogen-bond donors (Lipinski definition) is 2. The van der Waals surface area contributed by atoms with Gasteiger partial charge in [-0.15, -0.1) is 24.0 Å². The normalized spacial score (nSPS) is 12.2. The number of guanidine groups is 1. The highest BCUT2D eigenvalue weighted by Gasteiger charge is 2.12. The van der Waals surface area contributed by atoms with Crippen LogP contribution in [-0.4, -0.2) is 32.8 Å². The smallest absolute Gasteiger partial charge is 0.191 e. The van der Waals surface area contributed by atoms with E-state index >= 15 is 0 Å². The van der Waals surface area contributed by atoms with Gasteiger partial charge >= 0.3 is 0 Å². The monoisotopic (exact) mass is 455 g/mol. The molecule has 23 heavy (non-hydrogen) atoms. The minimum absolute atomic E-state index is 0. The van der Waals surface area contributed by atoms with Crippen molar-refractivity contribution in [3.8, 4) is 11.5 Å². The van der Waals surface area contributed by atoms with Crippen molar-refractivity contribution in [3.63, 3.8) is 0 Å². The summed E-state index contributed by atoms with van der Waals surface area (Å²) in [5.41, 5.74) is 0.998. The fraction of sp³-hybridized carbons (Fsp3) is 0.562. The first-order valence-electron chi connectivity index (χ1n) is 7.52. The second-order valence-electron chi connectivity index (χ2n) is 4.92. The first-order valence-corrected chi connectivity index (χ1v) is 7.89. The third-order valence-electron chi connectivity index (χ3n) is 3.26. The molecule has 0 bridgehead atoms. The molecule has 7 heteroatoms. The quantitative estimate of drug-likeness (QED) is 0.373. The number of benzene rings is 1. The average Bonchev–Trinajstić information content (AvgIpc) is 2.53. The Morgan fingerprint density at radius 2 is 2.04 bits per heavy atom. The lowest BCUT2D eigenvalue weighted by Crippen LogP contribution is -2.41. The van der Waals surface area contributed by atoms with Gasteiger partial charge < -0.3 is 20.1 Å². The molecule has 0 spiro atoms. The van der Waals surface area contributed by atoms with E-state index in [-0.39, 0.29) is 24.0 Å². The Morgan fingerprint density at radius 3 is 2.57 bits per heavy atom. The summed E-state index contributed by atoms with van der Waals surface area (Å²) < 4.78 is 10.9. The molecular formula is C16H27ClIN3O2. The van der Waals surface area contributed by atoms with Gasteiger partial charge in [-0.05, 0) is 38.0 Å². The third kappa shape index (κ3) is 7.03. The fourth-order valence-electron chi connectivity index (χ4n) is 1.88. The summed E-state index contributed by atoms with van der Waals surface area (Å²) in [5.74, 6) is 1.98. The van der Waals surface area contributed by atoms with E-state index in [0.717, 1.165) is 17.9 Å². The molecule has 1 aromatic carbocycles. The molecule has 0 heterocycles. The van der Waals surface area contributed by atoms with Crippen LogP contribution in [0.4, 0.5) is 0 Å². The van der Waals surface area contributed by atoms with Crippen molar-refractivity contribution in [2.45, 2.75) is 39.8 Å². The first kappa shape index (κ1) is 22.1. The van der Waals surface area contributed by atoms with Crippen molar-refractivity contribution in [2.75, 3.05) is 20.8 Å². The highest BCUT2D eigenvalue weighted by Crippen LogP contribution is 2.36. The van der Waals surface area contributed by atoms with Gasteiger partial charge in [0.05, 0.1) is 18.7 Å². The lowest BCUT2D eigenvalue weighted by molar-refractivity contribution is 0.311. The van der Waals surface area contributed by atoms with Crippen LogP contribution in [0.25, 0.3) is 0 Å². The van der Waals surface area contributed by atoms with Crippen LogP contribution in [0.5, 0.6) is 11.5 Å². The summed E-state index contributed by atoms with van der Waals surface area (Å²) in [6.07, 6.45) is 1.03. The maximum absolute atomic E-state index is 6.27. The maximum Gasteiger partial charge on any atom is 0.191 e. The molecule has 0 radical (unpaired) electrons. The van der Waals surface area contributed by atoms with Crippen LogP contribution in [0.15, 0.2) is 17.1 Å². The summed E-state index contributed by atoms with van der Waals surface area (Å²) in [6, 6.07) is 4.16. The highest BCUT2D eigenvalue weighted by atomic mass is 127. The Balaban J connectivity index is 0.00000484. The van der Waals surface area contributed by atoms with Gasteiger partial charge in [0.25, 0.3) is 0 Å². The SMILES string of the molecule is CCOc1c(Cl)cc(CNC(=NC)NC(C)CC)cc1OC.I. The molecule has 0 aliphatic heterocycles.